The van der Waals surface area contributed by atoms with E-state index in [2.05, 4.69) is 5.32 Å². The zero-order chi connectivity index (χ0) is 17.7. The van der Waals surface area contributed by atoms with Crippen LogP contribution in [0.2, 0.25) is 0 Å². The van der Waals surface area contributed by atoms with Gasteiger partial charge in [-0.3, -0.25) is 4.79 Å². The normalized spacial score (nSPS) is 11.1. The molecule has 0 radical (unpaired) electrons. The third-order valence-corrected chi connectivity index (χ3v) is 4.51. The molecular formula is C17H21N3O3S. The van der Waals surface area contributed by atoms with Crippen LogP contribution in [0.3, 0.4) is 0 Å². The van der Waals surface area contributed by atoms with E-state index in [1.165, 1.54) is 12.1 Å². The zero-order valence-corrected chi connectivity index (χ0v) is 14.5. The molecule has 2 rings (SSSR count). The number of hydrogen-bond acceptors (Lipinski definition) is 4. The molecule has 0 saturated heterocycles. The maximum absolute atomic E-state index is 12.2. The van der Waals surface area contributed by atoms with E-state index in [0.717, 1.165) is 11.3 Å². The number of primary sulfonamides is 1. The third kappa shape index (κ3) is 4.81. The van der Waals surface area contributed by atoms with Crippen molar-refractivity contribution in [3.05, 3.63) is 59.7 Å². The molecular weight excluding hydrogens is 326 g/mol. The van der Waals surface area contributed by atoms with Gasteiger partial charge in [0.1, 0.15) is 0 Å². The average molecular weight is 347 g/mol. The van der Waals surface area contributed by atoms with Crippen LogP contribution in [0.5, 0.6) is 0 Å². The minimum atomic E-state index is -3.67. The highest BCUT2D eigenvalue weighted by Gasteiger charge is 2.08. The van der Waals surface area contributed by atoms with Crippen molar-refractivity contribution in [2.24, 2.45) is 5.14 Å². The number of nitrogens with two attached hydrogens (primary N) is 1. The summed E-state index contributed by atoms with van der Waals surface area (Å²) in [5.74, 6) is -0.139. The second kappa shape index (κ2) is 7.46. The molecule has 0 saturated carbocycles. The number of nitrogens with one attached hydrogen (secondary N) is 1. The molecule has 1 amide bonds. The number of sulfonamides is 1. The molecule has 0 bridgehead atoms. The van der Waals surface area contributed by atoms with Crippen LogP contribution in [0.15, 0.2) is 53.4 Å². The number of benzene rings is 2. The Bertz CT molecular complexity index is 815. The zero-order valence-electron chi connectivity index (χ0n) is 13.7. The lowest BCUT2D eigenvalue weighted by Gasteiger charge is -2.13. The molecule has 2 aromatic rings. The fourth-order valence-corrected chi connectivity index (χ4v) is 2.71. The van der Waals surface area contributed by atoms with Crippen molar-refractivity contribution >= 4 is 21.6 Å². The van der Waals surface area contributed by atoms with Crippen LogP contribution in [0.25, 0.3) is 0 Å². The lowest BCUT2D eigenvalue weighted by molar-refractivity contribution is 0.0954. The van der Waals surface area contributed by atoms with Crippen molar-refractivity contribution in [3.8, 4) is 0 Å². The molecule has 0 heterocycles. The average Bonchev–Trinajstić information content (AvgIpc) is 2.54. The topological polar surface area (TPSA) is 92.5 Å². The van der Waals surface area contributed by atoms with Crippen LogP contribution in [-0.4, -0.2) is 35.0 Å². The smallest absolute Gasteiger partial charge is 0.251 e. The molecule has 7 heteroatoms. The first kappa shape index (κ1) is 18.0. The molecule has 24 heavy (non-hydrogen) atoms. The van der Waals surface area contributed by atoms with Crippen molar-refractivity contribution < 1.29 is 13.2 Å². The summed E-state index contributed by atoms with van der Waals surface area (Å²) in [6.45, 7) is 0.458. The van der Waals surface area contributed by atoms with Gasteiger partial charge in [-0.15, -0.1) is 0 Å². The predicted octanol–water partition coefficient (Wildman–Crippen LogP) is 1.37. The van der Waals surface area contributed by atoms with E-state index in [1.807, 2.05) is 37.2 Å². The molecule has 6 nitrogen and oxygen atoms in total. The number of amides is 1. The van der Waals surface area contributed by atoms with Gasteiger partial charge in [0.05, 0.1) is 4.90 Å². The van der Waals surface area contributed by atoms with Gasteiger partial charge < -0.3 is 10.2 Å². The summed E-state index contributed by atoms with van der Waals surface area (Å²) in [4.78, 5) is 14.2. The number of nitrogens with zero attached hydrogens (tertiary/aromatic N) is 1. The number of hydrogen-bond donors (Lipinski definition) is 2. The van der Waals surface area contributed by atoms with Crippen molar-refractivity contribution in [2.45, 2.75) is 11.3 Å². The number of anilines is 1. The van der Waals surface area contributed by atoms with Crippen LogP contribution in [-0.2, 0) is 16.4 Å². The van der Waals surface area contributed by atoms with Crippen LogP contribution in [0.1, 0.15) is 15.9 Å². The van der Waals surface area contributed by atoms with Gasteiger partial charge in [0, 0.05) is 31.9 Å². The van der Waals surface area contributed by atoms with Gasteiger partial charge in [-0.25, -0.2) is 13.6 Å². The molecule has 0 unspecified atom stereocenters. The van der Waals surface area contributed by atoms with Crippen LogP contribution >= 0.6 is 0 Å². The van der Waals surface area contributed by atoms with Gasteiger partial charge >= 0.3 is 0 Å². The molecule has 0 spiro atoms. The highest BCUT2D eigenvalue weighted by atomic mass is 32.2. The quantitative estimate of drug-likeness (QED) is 0.825. The summed E-state index contributed by atoms with van der Waals surface area (Å²) in [5, 5.41) is 7.91. The van der Waals surface area contributed by atoms with Crippen LogP contribution in [0, 0.1) is 0 Å². The van der Waals surface area contributed by atoms with E-state index in [9.17, 15) is 13.2 Å². The van der Waals surface area contributed by atoms with E-state index < -0.39 is 10.0 Å². The number of rotatable bonds is 6. The Morgan fingerprint density at radius 1 is 1.12 bits per heavy atom. The van der Waals surface area contributed by atoms with Gasteiger partial charge in [0.2, 0.25) is 10.0 Å². The van der Waals surface area contributed by atoms with Crippen LogP contribution in [0.4, 0.5) is 5.69 Å². The Kier molecular flexibility index (Phi) is 5.58. The number of carbonyl (C=O) groups excluding carboxylic acids is 1. The van der Waals surface area contributed by atoms with Crippen molar-refractivity contribution in [1.82, 2.24) is 5.32 Å². The van der Waals surface area contributed by atoms with E-state index >= 15 is 0 Å². The van der Waals surface area contributed by atoms with Gasteiger partial charge in [0.15, 0.2) is 0 Å². The molecule has 3 N–H and O–H groups in total. The SMILES string of the molecule is CN(C)c1cccc(C(=O)NCCc2ccc(S(N)(=O)=O)cc2)c1. The van der Waals surface area contributed by atoms with E-state index in [4.69, 9.17) is 5.14 Å². The minimum absolute atomic E-state index is 0.0794. The fourth-order valence-electron chi connectivity index (χ4n) is 2.19. The van der Waals surface area contributed by atoms with Crippen LogP contribution < -0.4 is 15.4 Å². The maximum Gasteiger partial charge on any atom is 0.251 e. The van der Waals surface area contributed by atoms with Gasteiger partial charge in [-0.2, -0.15) is 0 Å². The summed E-state index contributed by atoms with van der Waals surface area (Å²) in [5.41, 5.74) is 2.48. The van der Waals surface area contributed by atoms with Crippen molar-refractivity contribution in [1.29, 1.82) is 0 Å². The standard InChI is InChI=1S/C17H21N3O3S/c1-20(2)15-5-3-4-14(12-15)17(21)19-11-10-13-6-8-16(9-7-13)24(18,22)23/h3-9,12H,10-11H2,1-2H3,(H,19,21)(H2,18,22,23). The number of carbonyl (C=O) groups is 1. The van der Waals surface area contributed by atoms with E-state index in [0.29, 0.717) is 18.5 Å². The predicted molar refractivity (Wildman–Crippen MR) is 94.6 cm³/mol. The Balaban J connectivity index is 1.92. The Hall–Kier alpha value is -2.38. The van der Waals surface area contributed by atoms with Gasteiger partial charge in [-0.1, -0.05) is 18.2 Å². The Labute approximate surface area is 142 Å². The Morgan fingerprint density at radius 3 is 2.38 bits per heavy atom. The first-order chi connectivity index (χ1) is 11.3. The summed E-state index contributed by atoms with van der Waals surface area (Å²) < 4.78 is 22.4. The highest BCUT2D eigenvalue weighted by molar-refractivity contribution is 7.89. The molecule has 0 atom stereocenters. The summed E-state index contributed by atoms with van der Waals surface area (Å²) >= 11 is 0. The Morgan fingerprint density at radius 2 is 1.79 bits per heavy atom. The second-order valence-electron chi connectivity index (χ2n) is 5.64. The highest BCUT2D eigenvalue weighted by Crippen LogP contribution is 2.13. The van der Waals surface area contributed by atoms with Crippen molar-refractivity contribution in [2.75, 3.05) is 25.5 Å². The lowest BCUT2D eigenvalue weighted by atomic mass is 10.1. The molecule has 0 fully saturated rings. The molecule has 0 aromatic heterocycles. The van der Waals surface area contributed by atoms with Crippen molar-refractivity contribution in [3.63, 3.8) is 0 Å². The molecule has 0 aliphatic rings. The molecule has 0 aliphatic heterocycles. The van der Waals surface area contributed by atoms with Gasteiger partial charge in [-0.05, 0) is 42.3 Å². The third-order valence-electron chi connectivity index (χ3n) is 3.58. The maximum atomic E-state index is 12.2. The summed E-state index contributed by atoms with van der Waals surface area (Å²) in [6, 6.07) is 13.7. The minimum Gasteiger partial charge on any atom is -0.378 e. The first-order valence-electron chi connectivity index (χ1n) is 7.45. The molecule has 2 aromatic carbocycles. The largest absolute Gasteiger partial charge is 0.378 e. The van der Waals surface area contributed by atoms with E-state index in [-0.39, 0.29) is 10.8 Å². The van der Waals surface area contributed by atoms with Gasteiger partial charge in [0.25, 0.3) is 5.91 Å². The second-order valence-corrected chi connectivity index (χ2v) is 7.20. The lowest BCUT2D eigenvalue weighted by Crippen LogP contribution is -2.26. The fraction of sp³-hybridized carbons (Fsp3) is 0.235. The molecule has 128 valence electrons. The summed E-state index contributed by atoms with van der Waals surface area (Å²) in [6.07, 6.45) is 0.601. The molecule has 0 aliphatic carbocycles. The monoisotopic (exact) mass is 347 g/mol. The first-order valence-corrected chi connectivity index (χ1v) is 8.99. The summed E-state index contributed by atoms with van der Waals surface area (Å²) in [7, 11) is 0.163. The van der Waals surface area contributed by atoms with E-state index in [1.54, 1.807) is 18.2 Å².